The molecular weight excluding hydrogens is 431 g/mol. The molecule has 0 unspecified atom stereocenters. The number of halogens is 3. The summed E-state index contributed by atoms with van der Waals surface area (Å²) in [7, 11) is 1.59. The Bertz CT molecular complexity index is 1000. The van der Waals surface area contributed by atoms with Crippen LogP contribution in [0, 0.1) is 0 Å². The van der Waals surface area contributed by atoms with Crippen LogP contribution in [0.4, 0.5) is 0 Å². The Morgan fingerprint density at radius 1 is 1.21 bits per heavy atom. The first-order valence-electron chi connectivity index (χ1n) is 8.30. The third-order valence-corrected chi connectivity index (χ3v) is 5.06. The van der Waals surface area contributed by atoms with E-state index in [2.05, 4.69) is 10.1 Å². The number of ether oxygens (including phenoxy) is 3. The molecule has 0 amide bonds. The Hall–Kier alpha value is -1.84. The molecule has 28 heavy (non-hydrogen) atoms. The molecule has 0 aliphatic heterocycles. The standard InChI is InChI=1S/C17H17Cl3N4O4/c1-3-28-16(25)10-7-21-24(8-10)17-22-15-12(6-11(18)13(19)14(15)20)23(17)9-27-5-4-26-2/h6-8H,3-5,9H2,1-2H3. The monoisotopic (exact) mass is 446 g/mol. The van der Waals surface area contributed by atoms with Crippen LogP contribution in [-0.4, -0.2) is 52.2 Å². The molecule has 2 aromatic heterocycles. The highest BCUT2D eigenvalue weighted by Gasteiger charge is 2.20. The van der Waals surface area contributed by atoms with Gasteiger partial charge in [-0.3, -0.25) is 4.57 Å². The molecule has 0 fully saturated rings. The van der Waals surface area contributed by atoms with Crippen LogP contribution in [0.25, 0.3) is 17.0 Å². The lowest BCUT2D eigenvalue weighted by molar-refractivity contribution is 0.0356. The molecule has 0 atom stereocenters. The number of hydrogen-bond donors (Lipinski definition) is 0. The number of hydrogen-bond acceptors (Lipinski definition) is 6. The number of imidazole rings is 1. The average Bonchev–Trinajstić information content (AvgIpc) is 3.29. The maximum atomic E-state index is 11.9. The van der Waals surface area contributed by atoms with Gasteiger partial charge in [-0.25, -0.2) is 14.5 Å². The van der Waals surface area contributed by atoms with Crippen molar-refractivity contribution in [1.82, 2.24) is 19.3 Å². The highest BCUT2D eigenvalue weighted by molar-refractivity contribution is 6.50. The van der Waals surface area contributed by atoms with Crippen LogP contribution in [0.2, 0.25) is 15.1 Å². The van der Waals surface area contributed by atoms with E-state index in [9.17, 15) is 4.79 Å². The van der Waals surface area contributed by atoms with Gasteiger partial charge in [0.25, 0.3) is 0 Å². The molecule has 8 nitrogen and oxygen atoms in total. The number of nitrogens with zero attached hydrogens (tertiary/aromatic N) is 4. The summed E-state index contributed by atoms with van der Waals surface area (Å²) < 4.78 is 18.8. The molecule has 11 heteroatoms. The second-order valence-electron chi connectivity index (χ2n) is 5.62. The number of fused-ring (bicyclic) bond motifs is 1. The molecule has 1 aromatic carbocycles. The van der Waals surface area contributed by atoms with Crippen molar-refractivity contribution in [3.63, 3.8) is 0 Å². The first-order valence-corrected chi connectivity index (χ1v) is 9.43. The molecule has 150 valence electrons. The lowest BCUT2D eigenvalue weighted by atomic mass is 10.3. The number of methoxy groups -OCH3 is 1. The Morgan fingerprint density at radius 3 is 2.71 bits per heavy atom. The van der Waals surface area contributed by atoms with E-state index in [1.807, 2.05) is 0 Å². The summed E-state index contributed by atoms with van der Waals surface area (Å²) in [6.45, 7) is 2.94. The first kappa shape index (κ1) is 20.9. The van der Waals surface area contributed by atoms with Crippen LogP contribution in [0.15, 0.2) is 18.5 Å². The van der Waals surface area contributed by atoms with Gasteiger partial charge in [-0.1, -0.05) is 34.8 Å². The van der Waals surface area contributed by atoms with Crippen molar-refractivity contribution >= 4 is 51.8 Å². The smallest absolute Gasteiger partial charge is 0.341 e. The zero-order chi connectivity index (χ0) is 20.3. The quantitative estimate of drug-likeness (QED) is 0.295. The van der Waals surface area contributed by atoms with Crippen LogP contribution in [0.5, 0.6) is 0 Å². The highest BCUT2D eigenvalue weighted by atomic mass is 35.5. The lowest BCUT2D eigenvalue weighted by Crippen LogP contribution is -2.12. The van der Waals surface area contributed by atoms with Crippen molar-refractivity contribution in [3.8, 4) is 5.95 Å². The Kier molecular flexibility index (Phi) is 6.79. The molecule has 0 saturated carbocycles. The Morgan fingerprint density at radius 2 is 2.00 bits per heavy atom. The van der Waals surface area contributed by atoms with Crippen molar-refractivity contribution in [2.75, 3.05) is 26.9 Å². The van der Waals surface area contributed by atoms with Gasteiger partial charge in [0.05, 0.1) is 52.2 Å². The van der Waals surface area contributed by atoms with Gasteiger partial charge in [0.15, 0.2) is 0 Å². The third-order valence-electron chi connectivity index (χ3n) is 3.81. The van der Waals surface area contributed by atoms with Crippen LogP contribution in [0.3, 0.4) is 0 Å². The zero-order valence-electron chi connectivity index (χ0n) is 15.1. The zero-order valence-corrected chi connectivity index (χ0v) is 17.4. The summed E-state index contributed by atoms with van der Waals surface area (Å²) in [4.78, 5) is 16.5. The van der Waals surface area contributed by atoms with E-state index in [0.717, 1.165) is 0 Å². The maximum Gasteiger partial charge on any atom is 0.341 e. The molecular formula is C17H17Cl3N4O4. The molecule has 2 heterocycles. The summed E-state index contributed by atoms with van der Waals surface area (Å²) in [5.41, 5.74) is 1.34. The Balaban J connectivity index is 2.07. The number of esters is 1. The van der Waals surface area contributed by atoms with E-state index in [1.54, 1.807) is 24.7 Å². The SMILES string of the molecule is CCOC(=O)c1cnn(-c2nc3c(Cl)c(Cl)c(Cl)cc3n2COCCOC)c1. The fraction of sp³-hybridized carbons (Fsp3) is 0.353. The predicted octanol–water partition coefficient (Wildman–Crippen LogP) is 3.98. The van der Waals surface area contributed by atoms with Crippen LogP contribution in [0.1, 0.15) is 17.3 Å². The van der Waals surface area contributed by atoms with Crippen LogP contribution in [-0.2, 0) is 20.9 Å². The molecule has 0 spiro atoms. The maximum absolute atomic E-state index is 11.9. The minimum atomic E-state index is -0.475. The van der Waals surface area contributed by atoms with Crippen molar-refractivity contribution in [2.45, 2.75) is 13.7 Å². The molecule has 0 aliphatic carbocycles. The normalized spacial score (nSPS) is 11.3. The third kappa shape index (κ3) is 4.11. The van der Waals surface area contributed by atoms with E-state index >= 15 is 0 Å². The number of aromatic nitrogens is 4. The van der Waals surface area contributed by atoms with Gasteiger partial charge in [-0.15, -0.1) is 0 Å². The number of carbonyl (C=O) groups is 1. The van der Waals surface area contributed by atoms with Crippen molar-refractivity contribution in [3.05, 3.63) is 39.1 Å². The van der Waals surface area contributed by atoms with Gasteiger partial charge in [0.1, 0.15) is 12.2 Å². The van der Waals surface area contributed by atoms with E-state index in [4.69, 9.17) is 49.0 Å². The predicted molar refractivity (Wildman–Crippen MR) is 106 cm³/mol. The minimum absolute atomic E-state index is 0.137. The molecule has 0 aliphatic rings. The van der Waals surface area contributed by atoms with E-state index in [1.165, 1.54) is 17.1 Å². The summed E-state index contributed by atoms with van der Waals surface area (Å²) in [5.74, 6) is -0.0972. The summed E-state index contributed by atoms with van der Waals surface area (Å²) in [6, 6.07) is 1.65. The number of benzene rings is 1. The van der Waals surface area contributed by atoms with Crippen LogP contribution >= 0.6 is 34.8 Å². The van der Waals surface area contributed by atoms with Gasteiger partial charge in [-0.05, 0) is 13.0 Å². The molecule has 0 N–H and O–H groups in total. The summed E-state index contributed by atoms with van der Waals surface area (Å²) in [6.07, 6.45) is 2.91. The topological polar surface area (TPSA) is 80.4 Å². The lowest BCUT2D eigenvalue weighted by Gasteiger charge is -2.10. The molecule has 3 aromatic rings. The van der Waals surface area contributed by atoms with Gasteiger partial charge < -0.3 is 14.2 Å². The highest BCUT2D eigenvalue weighted by Crippen LogP contribution is 2.37. The minimum Gasteiger partial charge on any atom is -0.462 e. The molecule has 0 bridgehead atoms. The van der Waals surface area contributed by atoms with Gasteiger partial charge >= 0.3 is 5.97 Å². The second-order valence-corrected chi connectivity index (χ2v) is 6.78. The van der Waals surface area contributed by atoms with E-state index in [0.29, 0.717) is 35.8 Å². The summed E-state index contributed by atoms with van der Waals surface area (Å²) >= 11 is 18.7. The van der Waals surface area contributed by atoms with Crippen molar-refractivity contribution < 1.29 is 19.0 Å². The largest absolute Gasteiger partial charge is 0.462 e. The van der Waals surface area contributed by atoms with Gasteiger partial charge in [0.2, 0.25) is 5.95 Å². The first-order chi connectivity index (χ1) is 13.5. The van der Waals surface area contributed by atoms with E-state index < -0.39 is 5.97 Å². The average molecular weight is 448 g/mol. The van der Waals surface area contributed by atoms with Gasteiger partial charge in [0, 0.05) is 13.3 Å². The van der Waals surface area contributed by atoms with E-state index in [-0.39, 0.29) is 28.4 Å². The Labute approximate surface area is 175 Å². The fourth-order valence-corrected chi connectivity index (χ4v) is 3.14. The fourth-order valence-electron chi connectivity index (χ4n) is 2.51. The number of rotatable bonds is 8. The van der Waals surface area contributed by atoms with Crippen LogP contribution < -0.4 is 0 Å². The molecule has 0 radical (unpaired) electrons. The van der Waals surface area contributed by atoms with Crippen molar-refractivity contribution in [2.24, 2.45) is 0 Å². The second kappa shape index (κ2) is 9.11. The van der Waals surface area contributed by atoms with Gasteiger partial charge in [-0.2, -0.15) is 5.10 Å². The van der Waals surface area contributed by atoms with Crippen molar-refractivity contribution in [1.29, 1.82) is 0 Å². The number of carbonyl (C=O) groups excluding carboxylic acids is 1. The molecule has 3 rings (SSSR count). The summed E-state index contributed by atoms with van der Waals surface area (Å²) in [5, 5.41) is 4.93. The molecule has 0 saturated heterocycles.